The van der Waals surface area contributed by atoms with Gasteiger partial charge in [-0.15, -0.1) is 12.4 Å². The molecule has 0 amide bonds. The van der Waals surface area contributed by atoms with Gasteiger partial charge in [-0.1, -0.05) is 26.0 Å². The highest BCUT2D eigenvalue weighted by molar-refractivity contribution is 9.10. The molecule has 1 heterocycles. The lowest BCUT2D eigenvalue weighted by Gasteiger charge is -2.15. The summed E-state index contributed by atoms with van der Waals surface area (Å²) in [6.45, 7) is 4.76. The zero-order valence-corrected chi connectivity index (χ0v) is 18.2. The summed E-state index contributed by atoms with van der Waals surface area (Å²) in [6, 6.07) is 13.7. The van der Waals surface area contributed by atoms with Crippen LogP contribution in [0.25, 0.3) is 22.7 Å². The second-order valence-electron chi connectivity index (χ2n) is 6.51. The molecule has 0 bridgehead atoms. The summed E-state index contributed by atoms with van der Waals surface area (Å²) in [7, 11) is 1.60. The van der Waals surface area contributed by atoms with Crippen LogP contribution in [0.5, 0.6) is 11.5 Å². The summed E-state index contributed by atoms with van der Waals surface area (Å²) in [5.41, 5.74) is 2.97. The number of fused-ring (bicyclic) bond motifs is 1. The molecule has 2 aromatic carbocycles. The lowest BCUT2D eigenvalue weighted by atomic mass is 10.1. The van der Waals surface area contributed by atoms with Crippen molar-refractivity contribution in [1.29, 1.82) is 5.26 Å². The van der Waals surface area contributed by atoms with Crippen molar-refractivity contribution in [2.75, 3.05) is 13.7 Å². The van der Waals surface area contributed by atoms with Crippen LogP contribution in [-0.4, -0.2) is 23.7 Å². The van der Waals surface area contributed by atoms with E-state index in [1.54, 1.807) is 13.2 Å². The number of aromatic amines is 1. The summed E-state index contributed by atoms with van der Waals surface area (Å²) in [6.07, 6.45) is 1.78. The van der Waals surface area contributed by atoms with Crippen molar-refractivity contribution in [1.82, 2.24) is 9.97 Å². The fourth-order valence-corrected chi connectivity index (χ4v) is 3.19. The Balaban J connectivity index is 0.00000280. The normalized spacial score (nSPS) is 11.2. The van der Waals surface area contributed by atoms with Gasteiger partial charge in [0.25, 0.3) is 0 Å². The molecular formula is C21H21BrClN3O2. The molecule has 0 saturated heterocycles. The Kier molecular flexibility index (Phi) is 7.50. The molecule has 7 heteroatoms. The van der Waals surface area contributed by atoms with Crippen molar-refractivity contribution < 1.29 is 9.47 Å². The summed E-state index contributed by atoms with van der Waals surface area (Å²) in [5, 5.41) is 9.62. The van der Waals surface area contributed by atoms with Crippen LogP contribution >= 0.6 is 28.3 Å². The molecule has 0 saturated carbocycles. The molecule has 0 aliphatic heterocycles. The maximum absolute atomic E-state index is 9.62. The van der Waals surface area contributed by atoms with Crippen molar-refractivity contribution in [3.63, 3.8) is 0 Å². The Morgan fingerprint density at radius 2 is 2.07 bits per heavy atom. The first kappa shape index (κ1) is 21.8. The number of imidazole rings is 1. The third-order valence-electron chi connectivity index (χ3n) is 3.89. The quantitative estimate of drug-likeness (QED) is 0.466. The zero-order chi connectivity index (χ0) is 19.4. The van der Waals surface area contributed by atoms with Gasteiger partial charge in [0, 0.05) is 0 Å². The smallest absolute Gasteiger partial charge is 0.175 e. The topological polar surface area (TPSA) is 70.9 Å². The van der Waals surface area contributed by atoms with Gasteiger partial charge in [0.2, 0.25) is 0 Å². The van der Waals surface area contributed by atoms with Crippen molar-refractivity contribution in [3.8, 4) is 17.6 Å². The first-order valence-corrected chi connectivity index (χ1v) is 9.38. The monoisotopic (exact) mass is 461 g/mol. The molecule has 0 aliphatic carbocycles. The van der Waals surface area contributed by atoms with Gasteiger partial charge in [-0.3, -0.25) is 0 Å². The lowest BCUT2D eigenvalue weighted by Crippen LogP contribution is -2.06. The van der Waals surface area contributed by atoms with Crippen LogP contribution in [0.4, 0.5) is 0 Å². The minimum atomic E-state index is 0. The molecule has 0 unspecified atom stereocenters. The molecule has 3 aromatic rings. The van der Waals surface area contributed by atoms with E-state index in [4.69, 9.17) is 9.47 Å². The number of para-hydroxylation sites is 2. The number of hydrogen-bond donors (Lipinski definition) is 1. The zero-order valence-electron chi connectivity index (χ0n) is 15.8. The molecule has 1 N–H and O–H groups in total. The summed E-state index contributed by atoms with van der Waals surface area (Å²) in [4.78, 5) is 7.68. The Morgan fingerprint density at radius 3 is 2.71 bits per heavy atom. The molecule has 3 rings (SSSR count). The molecule has 1 aromatic heterocycles. The van der Waals surface area contributed by atoms with E-state index in [9.17, 15) is 5.26 Å². The maximum Gasteiger partial charge on any atom is 0.175 e. The van der Waals surface area contributed by atoms with Gasteiger partial charge < -0.3 is 14.5 Å². The van der Waals surface area contributed by atoms with E-state index in [1.165, 1.54) is 0 Å². The molecule has 5 nitrogen and oxygen atoms in total. The Hall–Kier alpha value is -2.49. The van der Waals surface area contributed by atoms with Gasteiger partial charge >= 0.3 is 0 Å². The fraction of sp³-hybridized carbons (Fsp3) is 0.238. The van der Waals surface area contributed by atoms with Crippen LogP contribution in [-0.2, 0) is 0 Å². The highest BCUT2D eigenvalue weighted by Gasteiger charge is 2.13. The van der Waals surface area contributed by atoms with Crippen LogP contribution in [0.1, 0.15) is 25.2 Å². The summed E-state index contributed by atoms with van der Waals surface area (Å²) < 4.78 is 12.1. The predicted octanol–water partition coefficient (Wildman–Crippen LogP) is 5.85. The Labute approximate surface area is 178 Å². The molecular weight excluding hydrogens is 442 g/mol. The number of halogens is 2. The fourth-order valence-electron chi connectivity index (χ4n) is 2.61. The lowest BCUT2D eigenvalue weighted by molar-refractivity contribution is 0.255. The second-order valence-corrected chi connectivity index (χ2v) is 7.37. The average molecular weight is 463 g/mol. The summed E-state index contributed by atoms with van der Waals surface area (Å²) in [5.74, 6) is 2.21. The number of ether oxygens (including phenoxy) is 2. The van der Waals surface area contributed by atoms with Gasteiger partial charge in [-0.05, 0) is 57.8 Å². The van der Waals surface area contributed by atoms with Gasteiger partial charge in [-0.2, -0.15) is 5.26 Å². The molecule has 0 fully saturated rings. The third-order valence-corrected chi connectivity index (χ3v) is 4.48. The average Bonchev–Trinajstić information content (AvgIpc) is 3.08. The largest absolute Gasteiger partial charge is 0.493 e. The van der Waals surface area contributed by atoms with Gasteiger partial charge in [0.15, 0.2) is 11.5 Å². The van der Waals surface area contributed by atoms with Crippen molar-refractivity contribution >= 4 is 51.0 Å². The number of methoxy groups -OCH3 is 1. The second kappa shape index (κ2) is 9.63. The predicted molar refractivity (Wildman–Crippen MR) is 118 cm³/mol. The molecule has 0 atom stereocenters. The van der Waals surface area contributed by atoms with Gasteiger partial charge in [0.05, 0.1) is 34.8 Å². The SMILES string of the molecule is COc1cc(/C=C(\C#N)c2nc3ccccc3[nH]2)cc(Br)c1OCC(C)C.Cl. The van der Waals surface area contributed by atoms with Gasteiger partial charge in [-0.25, -0.2) is 4.98 Å². The summed E-state index contributed by atoms with van der Waals surface area (Å²) >= 11 is 3.54. The number of benzene rings is 2. The minimum absolute atomic E-state index is 0. The van der Waals surface area contributed by atoms with E-state index in [2.05, 4.69) is 45.8 Å². The molecule has 0 radical (unpaired) electrons. The number of H-pyrrole nitrogens is 1. The van der Waals surface area contributed by atoms with Crippen molar-refractivity contribution in [2.45, 2.75) is 13.8 Å². The van der Waals surface area contributed by atoms with Crippen LogP contribution in [0, 0.1) is 17.2 Å². The third kappa shape index (κ3) is 4.86. The van der Waals surface area contributed by atoms with Crippen LogP contribution in [0.3, 0.4) is 0 Å². The Morgan fingerprint density at radius 1 is 1.32 bits per heavy atom. The van der Waals surface area contributed by atoms with Crippen LogP contribution < -0.4 is 9.47 Å². The molecule has 0 spiro atoms. The number of allylic oxidation sites excluding steroid dienone is 1. The number of hydrogen-bond acceptors (Lipinski definition) is 4. The maximum atomic E-state index is 9.62. The molecule has 146 valence electrons. The van der Waals surface area contributed by atoms with E-state index in [-0.39, 0.29) is 12.4 Å². The highest BCUT2D eigenvalue weighted by Crippen LogP contribution is 2.37. The van der Waals surface area contributed by atoms with Crippen molar-refractivity contribution in [2.24, 2.45) is 5.92 Å². The first-order chi connectivity index (χ1) is 13.0. The standard InChI is InChI=1S/C21H20BrN3O2.ClH/c1-13(2)12-27-20-16(22)9-14(10-19(20)26-3)8-15(11-23)21-24-17-6-4-5-7-18(17)25-21;/h4-10,13H,12H2,1-3H3,(H,24,25);1H/b15-8+;. The van der Waals surface area contributed by atoms with E-state index < -0.39 is 0 Å². The van der Waals surface area contributed by atoms with Gasteiger partial charge in [0.1, 0.15) is 11.9 Å². The number of nitrogens with one attached hydrogen (secondary N) is 1. The number of rotatable bonds is 6. The number of aromatic nitrogens is 2. The number of nitriles is 1. The van der Waals surface area contributed by atoms with Crippen molar-refractivity contribution in [3.05, 3.63) is 52.3 Å². The van der Waals surface area contributed by atoms with Crippen LogP contribution in [0.15, 0.2) is 40.9 Å². The van der Waals surface area contributed by atoms with E-state index >= 15 is 0 Å². The van der Waals surface area contributed by atoms with E-state index in [0.717, 1.165) is 21.1 Å². The molecule has 0 aliphatic rings. The van der Waals surface area contributed by atoms with Crippen LogP contribution in [0.2, 0.25) is 0 Å². The molecule has 28 heavy (non-hydrogen) atoms. The highest BCUT2D eigenvalue weighted by atomic mass is 79.9. The number of nitrogens with zero attached hydrogens (tertiary/aromatic N) is 2. The first-order valence-electron chi connectivity index (χ1n) is 8.59. The minimum Gasteiger partial charge on any atom is -0.493 e. The van der Waals surface area contributed by atoms with E-state index in [0.29, 0.717) is 35.4 Å². The Bertz CT molecular complexity index is 1000. The van der Waals surface area contributed by atoms with E-state index in [1.807, 2.05) is 36.4 Å².